The zero-order valence-corrected chi connectivity index (χ0v) is 12.7. The summed E-state index contributed by atoms with van der Waals surface area (Å²) < 4.78 is 0. The van der Waals surface area contributed by atoms with Crippen molar-refractivity contribution in [1.82, 2.24) is 9.97 Å². The van der Waals surface area contributed by atoms with Crippen LogP contribution in [0.2, 0.25) is 0 Å². The van der Waals surface area contributed by atoms with Gasteiger partial charge in [-0.15, -0.1) is 12.4 Å². The maximum absolute atomic E-state index is 5.68. The zero-order valence-electron chi connectivity index (χ0n) is 11.8. The Morgan fingerprint density at radius 1 is 1.05 bits per heavy atom. The van der Waals surface area contributed by atoms with Gasteiger partial charge in [-0.25, -0.2) is 4.98 Å². The number of benzene rings is 2. The number of aryl methyl sites for hydroxylation is 1. The summed E-state index contributed by atoms with van der Waals surface area (Å²) in [5.74, 6) is 0.871. The van der Waals surface area contributed by atoms with E-state index in [0.717, 1.165) is 28.2 Å². The zero-order chi connectivity index (χ0) is 13.9. The summed E-state index contributed by atoms with van der Waals surface area (Å²) in [5, 5.41) is 0. The quantitative estimate of drug-likeness (QED) is 0.770. The normalized spacial score (nSPS) is 10.2. The highest BCUT2D eigenvalue weighted by Crippen LogP contribution is 2.23. The van der Waals surface area contributed by atoms with Crippen LogP contribution in [-0.4, -0.2) is 9.97 Å². The summed E-state index contributed by atoms with van der Waals surface area (Å²) in [7, 11) is 0. The average molecular weight is 300 g/mol. The molecule has 3 aromatic rings. The van der Waals surface area contributed by atoms with Gasteiger partial charge in [-0.3, -0.25) is 0 Å². The largest absolute Gasteiger partial charge is 0.338 e. The van der Waals surface area contributed by atoms with E-state index < -0.39 is 0 Å². The molecule has 21 heavy (non-hydrogen) atoms. The molecule has 0 spiro atoms. The molecule has 3 nitrogen and oxygen atoms in total. The van der Waals surface area contributed by atoms with Crippen LogP contribution < -0.4 is 5.73 Å². The number of hydrogen-bond donors (Lipinski definition) is 2. The Bertz CT molecular complexity index is 717. The fourth-order valence-electron chi connectivity index (χ4n) is 2.19. The van der Waals surface area contributed by atoms with Crippen molar-refractivity contribution >= 4 is 12.4 Å². The molecule has 0 amide bonds. The van der Waals surface area contributed by atoms with Gasteiger partial charge in [0.05, 0.1) is 11.9 Å². The maximum atomic E-state index is 5.68. The smallest absolute Gasteiger partial charge is 0.137 e. The Morgan fingerprint density at radius 3 is 2.52 bits per heavy atom. The highest BCUT2D eigenvalue weighted by molar-refractivity contribution is 5.85. The third-order valence-corrected chi connectivity index (χ3v) is 3.37. The second-order valence-corrected chi connectivity index (χ2v) is 4.92. The molecular formula is C17H18ClN3. The first-order valence-corrected chi connectivity index (χ1v) is 6.68. The summed E-state index contributed by atoms with van der Waals surface area (Å²) in [6.45, 7) is 2.62. The molecule has 0 unspecified atom stereocenters. The van der Waals surface area contributed by atoms with E-state index in [4.69, 9.17) is 5.73 Å². The van der Waals surface area contributed by atoms with E-state index in [1.165, 1.54) is 5.56 Å². The molecule has 0 aliphatic rings. The molecule has 0 saturated heterocycles. The Kier molecular flexibility index (Phi) is 4.78. The van der Waals surface area contributed by atoms with Crippen LogP contribution in [-0.2, 0) is 6.54 Å². The van der Waals surface area contributed by atoms with Crippen LogP contribution in [0.1, 0.15) is 11.1 Å². The monoisotopic (exact) mass is 299 g/mol. The average Bonchev–Trinajstić information content (AvgIpc) is 2.98. The van der Waals surface area contributed by atoms with Crippen molar-refractivity contribution in [1.29, 1.82) is 0 Å². The molecular weight excluding hydrogens is 282 g/mol. The van der Waals surface area contributed by atoms with Gasteiger partial charge in [0.2, 0.25) is 0 Å². The van der Waals surface area contributed by atoms with Crippen molar-refractivity contribution in [3.8, 4) is 22.6 Å². The lowest BCUT2D eigenvalue weighted by Crippen LogP contribution is -1.96. The minimum atomic E-state index is 0. The van der Waals surface area contributed by atoms with Crippen molar-refractivity contribution in [3.63, 3.8) is 0 Å². The second-order valence-electron chi connectivity index (χ2n) is 4.92. The van der Waals surface area contributed by atoms with Gasteiger partial charge in [0.1, 0.15) is 5.82 Å². The van der Waals surface area contributed by atoms with E-state index in [1.54, 1.807) is 0 Å². The Labute approximate surface area is 130 Å². The van der Waals surface area contributed by atoms with Gasteiger partial charge in [0.15, 0.2) is 0 Å². The predicted molar refractivity (Wildman–Crippen MR) is 89.3 cm³/mol. The highest BCUT2D eigenvalue weighted by Gasteiger charge is 2.05. The van der Waals surface area contributed by atoms with Gasteiger partial charge >= 0.3 is 0 Å². The van der Waals surface area contributed by atoms with Crippen LogP contribution in [0.5, 0.6) is 0 Å². The number of rotatable bonds is 3. The van der Waals surface area contributed by atoms with Crippen LogP contribution in [0.4, 0.5) is 0 Å². The number of nitrogens with zero attached hydrogens (tertiary/aromatic N) is 1. The lowest BCUT2D eigenvalue weighted by atomic mass is 10.1. The standard InChI is InChI=1S/C17H17N3.ClH/c1-12-5-7-14(8-6-12)16-11-19-17(20-16)15-4-2-3-13(9-15)10-18;/h2-9,11H,10,18H2,1H3,(H,19,20);1H. The number of nitrogens with one attached hydrogen (secondary N) is 1. The number of imidazole rings is 1. The molecule has 1 heterocycles. The molecule has 0 atom stereocenters. The molecule has 0 aliphatic carbocycles. The van der Waals surface area contributed by atoms with Crippen LogP contribution in [0.25, 0.3) is 22.6 Å². The van der Waals surface area contributed by atoms with Crippen molar-refractivity contribution in [2.75, 3.05) is 0 Å². The molecule has 0 aliphatic heterocycles. The number of nitrogens with two attached hydrogens (primary N) is 1. The van der Waals surface area contributed by atoms with E-state index in [1.807, 2.05) is 24.4 Å². The predicted octanol–water partition coefficient (Wildman–Crippen LogP) is 3.93. The van der Waals surface area contributed by atoms with E-state index in [9.17, 15) is 0 Å². The van der Waals surface area contributed by atoms with Gasteiger partial charge in [-0.1, -0.05) is 48.0 Å². The highest BCUT2D eigenvalue weighted by atomic mass is 35.5. The van der Waals surface area contributed by atoms with Crippen LogP contribution in [0, 0.1) is 6.92 Å². The summed E-state index contributed by atoms with van der Waals surface area (Å²) in [4.78, 5) is 7.83. The molecule has 0 radical (unpaired) electrons. The number of H-pyrrole nitrogens is 1. The lowest BCUT2D eigenvalue weighted by molar-refractivity contribution is 1.07. The van der Waals surface area contributed by atoms with Gasteiger partial charge < -0.3 is 10.7 Å². The van der Waals surface area contributed by atoms with Crippen molar-refractivity contribution in [3.05, 3.63) is 65.9 Å². The lowest BCUT2D eigenvalue weighted by Gasteiger charge is -2.01. The summed E-state index contributed by atoms with van der Waals surface area (Å²) in [6.07, 6.45) is 1.87. The van der Waals surface area contributed by atoms with Gasteiger partial charge in [-0.2, -0.15) is 0 Å². The molecule has 1 aromatic heterocycles. The fraction of sp³-hybridized carbons (Fsp3) is 0.118. The third-order valence-electron chi connectivity index (χ3n) is 3.37. The van der Waals surface area contributed by atoms with E-state index in [-0.39, 0.29) is 12.4 Å². The molecule has 2 aromatic carbocycles. The first kappa shape index (κ1) is 15.3. The van der Waals surface area contributed by atoms with E-state index >= 15 is 0 Å². The minimum Gasteiger partial charge on any atom is -0.338 e. The molecule has 0 fully saturated rings. The summed E-state index contributed by atoms with van der Waals surface area (Å²) in [6, 6.07) is 16.5. The van der Waals surface area contributed by atoms with Gasteiger partial charge in [-0.05, 0) is 24.1 Å². The van der Waals surface area contributed by atoms with Crippen LogP contribution >= 0.6 is 12.4 Å². The van der Waals surface area contributed by atoms with Crippen molar-refractivity contribution in [2.24, 2.45) is 5.73 Å². The van der Waals surface area contributed by atoms with Crippen LogP contribution in [0.3, 0.4) is 0 Å². The first-order chi connectivity index (χ1) is 9.76. The maximum Gasteiger partial charge on any atom is 0.137 e. The molecule has 4 heteroatoms. The Hall–Kier alpha value is -2.10. The Morgan fingerprint density at radius 2 is 1.81 bits per heavy atom. The number of hydrogen-bond acceptors (Lipinski definition) is 2. The summed E-state index contributed by atoms with van der Waals surface area (Å²) in [5.41, 5.74) is 11.3. The molecule has 108 valence electrons. The SMILES string of the molecule is Cc1ccc(-c2cnc(-c3cccc(CN)c3)[nH]2)cc1.Cl. The fourth-order valence-corrected chi connectivity index (χ4v) is 2.19. The minimum absolute atomic E-state index is 0. The second kappa shape index (κ2) is 6.57. The number of halogens is 1. The molecule has 3 N–H and O–H groups in total. The van der Waals surface area contributed by atoms with Crippen LogP contribution in [0.15, 0.2) is 54.7 Å². The van der Waals surface area contributed by atoms with Crippen molar-refractivity contribution in [2.45, 2.75) is 13.5 Å². The molecule has 3 rings (SSSR count). The third kappa shape index (κ3) is 3.32. The van der Waals surface area contributed by atoms with Gasteiger partial charge in [0, 0.05) is 12.1 Å². The molecule has 0 bridgehead atoms. The van der Waals surface area contributed by atoms with Crippen molar-refractivity contribution < 1.29 is 0 Å². The first-order valence-electron chi connectivity index (χ1n) is 6.68. The Balaban J connectivity index is 0.00000161. The molecule has 0 saturated carbocycles. The van der Waals surface area contributed by atoms with Gasteiger partial charge in [0.25, 0.3) is 0 Å². The number of aromatic amines is 1. The summed E-state index contributed by atoms with van der Waals surface area (Å²) >= 11 is 0. The van der Waals surface area contributed by atoms with E-state index in [0.29, 0.717) is 6.54 Å². The van der Waals surface area contributed by atoms with E-state index in [2.05, 4.69) is 47.2 Å². The topological polar surface area (TPSA) is 54.7 Å². The number of aromatic nitrogens is 2.